The van der Waals surface area contributed by atoms with Crippen LogP contribution in [0.3, 0.4) is 0 Å². The predicted octanol–water partition coefficient (Wildman–Crippen LogP) is 2.91. The molecule has 26 heavy (non-hydrogen) atoms. The van der Waals surface area contributed by atoms with Gasteiger partial charge in [-0.05, 0) is 50.2 Å². The lowest BCUT2D eigenvalue weighted by atomic mass is 10.2. The number of fused-ring (bicyclic) bond motifs is 1. The standard InChI is InChI=1S/C19H18N4O3/c1-12-9-13(2)23(22-12)18-6-4-15(11-20-18)21-19(24)14-3-5-16-17(10-14)26-8-7-25-16/h3-6,9-11H,7-8H2,1-2H3,(H,21,24). The largest absolute Gasteiger partial charge is 0.486 e. The molecule has 0 fully saturated rings. The number of ether oxygens (including phenoxy) is 2. The fourth-order valence-corrected chi connectivity index (χ4v) is 2.83. The summed E-state index contributed by atoms with van der Waals surface area (Å²) < 4.78 is 12.7. The molecule has 1 aliphatic heterocycles. The van der Waals surface area contributed by atoms with Crippen LogP contribution in [0.2, 0.25) is 0 Å². The van der Waals surface area contributed by atoms with Crippen molar-refractivity contribution in [2.75, 3.05) is 18.5 Å². The second-order valence-electron chi connectivity index (χ2n) is 6.06. The Morgan fingerprint density at radius 3 is 2.58 bits per heavy atom. The summed E-state index contributed by atoms with van der Waals surface area (Å²) in [5.74, 6) is 1.71. The van der Waals surface area contributed by atoms with Gasteiger partial charge in [-0.25, -0.2) is 9.67 Å². The zero-order valence-electron chi connectivity index (χ0n) is 14.5. The van der Waals surface area contributed by atoms with Crippen LogP contribution in [0, 0.1) is 13.8 Å². The third kappa shape index (κ3) is 3.11. The first-order chi connectivity index (χ1) is 12.6. The number of hydrogen-bond acceptors (Lipinski definition) is 5. The molecule has 0 spiro atoms. The lowest BCUT2D eigenvalue weighted by molar-refractivity contribution is 0.102. The van der Waals surface area contributed by atoms with Gasteiger partial charge in [-0.3, -0.25) is 4.79 Å². The van der Waals surface area contributed by atoms with E-state index in [4.69, 9.17) is 9.47 Å². The van der Waals surface area contributed by atoms with E-state index in [9.17, 15) is 4.79 Å². The summed E-state index contributed by atoms with van der Waals surface area (Å²) in [4.78, 5) is 16.8. The van der Waals surface area contributed by atoms with Crippen LogP contribution in [-0.2, 0) is 0 Å². The van der Waals surface area contributed by atoms with Crippen LogP contribution in [0.15, 0.2) is 42.6 Å². The molecular formula is C19H18N4O3. The van der Waals surface area contributed by atoms with Crippen LogP contribution < -0.4 is 14.8 Å². The number of aryl methyl sites for hydroxylation is 2. The van der Waals surface area contributed by atoms with Crippen LogP contribution >= 0.6 is 0 Å². The van der Waals surface area contributed by atoms with E-state index in [1.165, 1.54) is 0 Å². The van der Waals surface area contributed by atoms with Crippen LogP contribution in [-0.4, -0.2) is 33.9 Å². The molecule has 0 saturated heterocycles. The van der Waals surface area contributed by atoms with Gasteiger partial charge in [-0.2, -0.15) is 5.10 Å². The monoisotopic (exact) mass is 350 g/mol. The molecule has 1 amide bonds. The number of nitrogens with one attached hydrogen (secondary N) is 1. The number of hydrogen-bond donors (Lipinski definition) is 1. The van der Waals surface area contributed by atoms with E-state index >= 15 is 0 Å². The molecule has 0 saturated carbocycles. The molecule has 3 heterocycles. The van der Waals surface area contributed by atoms with E-state index in [0.29, 0.717) is 41.8 Å². The Balaban J connectivity index is 1.50. The summed E-state index contributed by atoms with van der Waals surface area (Å²) in [5.41, 5.74) is 3.04. The van der Waals surface area contributed by atoms with Gasteiger partial charge >= 0.3 is 0 Å². The van der Waals surface area contributed by atoms with Crippen molar-refractivity contribution in [2.24, 2.45) is 0 Å². The van der Waals surface area contributed by atoms with Gasteiger partial charge in [0.1, 0.15) is 13.2 Å². The zero-order chi connectivity index (χ0) is 18.1. The quantitative estimate of drug-likeness (QED) is 0.786. The van der Waals surface area contributed by atoms with Gasteiger partial charge in [0.05, 0.1) is 17.6 Å². The molecule has 132 valence electrons. The lowest BCUT2D eigenvalue weighted by Crippen LogP contribution is -2.17. The molecule has 1 aliphatic rings. The van der Waals surface area contributed by atoms with Crippen LogP contribution in [0.1, 0.15) is 21.7 Å². The highest BCUT2D eigenvalue weighted by atomic mass is 16.6. The number of rotatable bonds is 3. The van der Waals surface area contributed by atoms with Gasteiger partial charge in [0.2, 0.25) is 0 Å². The smallest absolute Gasteiger partial charge is 0.255 e. The number of carbonyl (C=O) groups excluding carboxylic acids is 1. The highest BCUT2D eigenvalue weighted by molar-refractivity contribution is 6.04. The van der Waals surface area contributed by atoms with Gasteiger partial charge < -0.3 is 14.8 Å². The van der Waals surface area contributed by atoms with Crippen molar-refractivity contribution in [1.29, 1.82) is 0 Å². The van der Waals surface area contributed by atoms with Crippen molar-refractivity contribution in [2.45, 2.75) is 13.8 Å². The predicted molar refractivity (Wildman–Crippen MR) is 96.2 cm³/mol. The van der Waals surface area contributed by atoms with Crippen molar-refractivity contribution in [3.05, 3.63) is 59.5 Å². The highest BCUT2D eigenvalue weighted by Crippen LogP contribution is 2.31. The summed E-state index contributed by atoms with van der Waals surface area (Å²) in [6.07, 6.45) is 1.61. The van der Waals surface area contributed by atoms with Crippen LogP contribution in [0.4, 0.5) is 5.69 Å². The first-order valence-corrected chi connectivity index (χ1v) is 8.31. The summed E-state index contributed by atoms with van der Waals surface area (Å²) >= 11 is 0. The Hall–Kier alpha value is -3.35. The minimum Gasteiger partial charge on any atom is -0.486 e. The number of anilines is 1. The minimum atomic E-state index is -0.234. The molecule has 0 radical (unpaired) electrons. The summed E-state index contributed by atoms with van der Waals surface area (Å²) in [5, 5.41) is 7.24. The van der Waals surface area contributed by atoms with E-state index in [1.807, 2.05) is 26.0 Å². The minimum absolute atomic E-state index is 0.234. The molecule has 2 aromatic heterocycles. The Bertz CT molecular complexity index is 963. The lowest BCUT2D eigenvalue weighted by Gasteiger charge is -2.18. The normalized spacial score (nSPS) is 12.7. The second-order valence-corrected chi connectivity index (χ2v) is 6.06. The van der Waals surface area contributed by atoms with Crippen molar-refractivity contribution in [3.8, 4) is 17.3 Å². The maximum atomic E-state index is 12.5. The molecule has 0 bridgehead atoms. The van der Waals surface area contributed by atoms with Crippen molar-refractivity contribution < 1.29 is 14.3 Å². The molecule has 4 rings (SSSR count). The van der Waals surface area contributed by atoms with Crippen LogP contribution in [0.25, 0.3) is 5.82 Å². The average molecular weight is 350 g/mol. The van der Waals surface area contributed by atoms with Gasteiger partial charge in [0.15, 0.2) is 17.3 Å². The molecule has 7 heteroatoms. The van der Waals surface area contributed by atoms with Crippen molar-refractivity contribution in [1.82, 2.24) is 14.8 Å². The Kier molecular flexibility index (Phi) is 4.04. The Labute approximate surface area is 150 Å². The van der Waals surface area contributed by atoms with E-state index in [0.717, 1.165) is 11.4 Å². The average Bonchev–Trinajstić information content (AvgIpc) is 3.00. The molecular weight excluding hydrogens is 332 g/mol. The summed E-state index contributed by atoms with van der Waals surface area (Å²) in [6.45, 7) is 4.91. The molecule has 0 atom stereocenters. The van der Waals surface area contributed by atoms with E-state index < -0.39 is 0 Å². The topological polar surface area (TPSA) is 78.3 Å². The van der Waals surface area contributed by atoms with Crippen molar-refractivity contribution in [3.63, 3.8) is 0 Å². The van der Waals surface area contributed by atoms with Gasteiger partial charge in [-0.1, -0.05) is 0 Å². The molecule has 0 unspecified atom stereocenters. The fourth-order valence-electron chi connectivity index (χ4n) is 2.83. The highest BCUT2D eigenvalue weighted by Gasteiger charge is 2.15. The number of aromatic nitrogens is 3. The fraction of sp³-hybridized carbons (Fsp3) is 0.211. The maximum Gasteiger partial charge on any atom is 0.255 e. The first-order valence-electron chi connectivity index (χ1n) is 8.31. The molecule has 1 aromatic carbocycles. The zero-order valence-corrected chi connectivity index (χ0v) is 14.5. The number of amides is 1. The third-order valence-corrected chi connectivity index (χ3v) is 4.04. The molecule has 0 aliphatic carbocycles. The number of pyridine rings is 1. The van der Waals surface area contributed by atoms with Gasteiger partial charge in [-0.15, -0.1) is 0 Å². The second kappa shape index (κ2) is 6.51. The maximum absolute atomic E-state index is 12.5. The number of nitrogens with zero attached hydrogens (tertiary/aromatic N) is 3. The number of carbonyl (C=O) groups is 1. The SMILES string of the molecule is Cc1cc(C)n(-c2ccc(NC(=O)c3ccc4c(c3)OCCO4)cn2)n1. The van der Waals surface area contributed by atoms with E-state index in [2.05, 4.69) is 15.4 Å². The molecule has 7 nitrogen and oxygen atoms in total. The van der Waals surface area contributed by atoms with Crippen molar-refractivity contribution >= 4 is 11.6 Å². The first kappa shape index (κ1) is 16.1. The summed E-state index contributed by atoms with van der Waals surface area (Å²) in [7, 11) is 0. The van der Waals surface area contributed by atoms with Crippen LogP contribution in [0.5, 0.6) is 11.5 Å². The van der Waals surface area contributed by atoms with Gasteiger partial charge in [0.25, 0.3) is 5.91 Å². The third-order valence-electron chi connectivity index (χ3n) is 4.04. The molecule has 3 aromatic rings. The van der Waals surface area contributed by atoms with E-state index in [1.54, 1.807) is 35.1 Å². The molecule has 1 N–H and O–H groups in total. The Morgan fingerprint density at radius 1 is 1.08 bits per heavy atom. The summed E-state index contributed by atoms with van der Waals surface area (Å²) in [6, 6.07) is 10.7. The van der Waals surface area contributed by atoms with E-state index in [-0.39, 0.29) is 5.91 Å². The number of benzene rings is 1. The van der Waals surface area contributed by atoms with Gasteiger partial charge in [0, 0.05) is 11.3 Å². The Morgan fingerprint density at radius 2 is 1.88 bits per heavy atom.